The van der Waals surface area contributed by atoms with Crippen molar-refractivity contribution < 1.29 is 36.3 Å². The fraction of sp³-hybridized carbons (Fsp3) is 0.321. The summed E-state index contributed by atoms with van der Waals surface area (Å²) in [7, 11) is 0. The number of primary amides is 1. The van der Waals surface area contributed by atoms with Crippen LogP contribution in [0.5, 0.6) is 0 Å². The van der Waals surface area contributed by atoms with E-state index in [-0.39, 0.29) is 41.9 Å². The van der Waals surface area contributed by atoms with Gasteiger partial charge in [-0.25, -0.2) is 26.7 Å². The van der Waals surface area contributed by atoms with Gasteiger partial charge in [0.1, 0.15) is 5.60 Å². The van der Waals surface area contributed by atoms with Gasteiger partial charge < -0.3 is 20.7 Å². The molecule has 0 bridgehead atoms. The molecular weight excluding hydrogens is 718 g/mol. The minimum absolute atomic E-state index is 0.0161. The molecule has 0 aromatic heterocycles. The molecule has 234 valence electrons. The minimum atomic E-state index is -3.91. The molecule has 2 fully saturated rings. The topological polar surface area (TPSA) is 87.9 Å². The van der Waals surface area contributed by atoms with Crippen molar-refractivity contribution in [2.24, 2.45) is 11.7 Å². The van der Waals surface area contributed by atoms with Crippen LogP contribution >= 0.6 is 51.3 Å². The van der Waals surface area contributed by atoms with Gasteiger partial charge in [0.15, 0.2) is 34.4 Å². The maximum absolute atomic E-state index is 17.3. The molecule has 4 atom stereocenters. The highest BCUT2D eigenvalue weighted by atomic mass is 79.9. The highest BCUT2D eigenvalue weighted by Gasteiger charge is 2.68. The molecule has 3 aliphatic rings. The number of amides is 2. The van der Waals surface area contributed by atoms with Crippen LogP contribution in [0.4, 0.5) is 32.4 Å². The molecule has 1 spiro atoms. The highest BCUT2D eigenvalue weighted by molar-refractivity contribution is 9.10. The first kappa shape index (κ1) is 32.5. The van der Waals surface area contributed by atoms with Gasteiger partial charge in [0.2, 0.25) is 0 Å². The minimum Gasteiger partial charge on any atom is -0.440 e. The summed E-state index contributed by atoms with van der Waals surface area (Å²) in [4.78, 5) is 28.0. The lowest BCUT2D eigenvalue weighted by Crippen LogP contribution is -2.66. The molecule has 3 N–H and O–H groups in total. The molecule has 2 aromatic rings. The third-order valence-electron chi connectivity index (χ3n) is 7.92. The molecule has 1 aliphatic carbocycles. The van der Waals surface area contributed by atoms with E-state index < -0.39 is 65.0 Å². The van der Waals surface area contributed by atoms with E-state index in [9.17, 15) is 18.4 Å². The molecule has 44 heavy (non-hydrogen) atoms. The Balaban J connectivity index is 1.56. The quantitative estimate of drug-likeness (QED) is 0.252. The first-order valence-electron chi connectivity index (χ1n) is 13.0. The van der Waals surface area contributed by atoms with E-state index in [4.69, 9.17) is 45.9 Å². The maximum atomic E-state index is 17.3. The number of hydrogen-bond acceptors (Lipinski definition) is 4. The van der Waals surface area contributed by atoms with Crippen LogP contribution in [0, 0.1) is 5.92 Å². The lowest BCUT2D eigenvalue weighted by atomic mass is 9.65. The van der Waals surface area contributed by atoms with Crippen LogP contribution in [0.25, 0.3) is 0 Å². The largest absolute Gasteiger partial charge is 0.440 e. The van der Waals surface area contributed by atoms with Gasteiger partial charge in [0.05, 0.1) is 28.7 Å². The van der Waals surface area contributed by atoms with E-state index >= 15 is 13.2 Å². The van der Waals surface area contributed by atoms with Crippen LogP contribution in [-0.2, 0) is 16.1 Å². The van der Waals surface area contributed by atoms with E-state index in [0.717, 1.165) is 0 Å². The Morgan fingerprint density at radius 3 is 2.59 bits per heavy atom. The number of hydrogen-bond donors (Lipinski definition) is 2. The smallest absolute Gasteiger partial charge is 0.410 e. The summed E-state index contributed by atoms with van der Waals surface area (Å²) in [6, 6.07) is 11.4. The number of nitrogens with one attached hydrogen (secondary N) is 1. The fourth-order valence-corrected chi connectivity index (χ4v) is 6.92. The predicted octanol–water partition coefficient (Wildman–Crippen LogP) is 7.09. The molecule has 2 aromatic carbocycles. The van der Waals surface area contributed by atoms with Crippen LogP contribution in [0.15, 0.2) is 70.0 Å². The predicted molar refractivity (Wildman–Crippen MR) is 161 cm³/mol. The van der Waals surface area contributed by atoms with Crippen LogP contribution < -0.4 is 11.1 Å². The number of halogens is 8. The van der Waals surface area contributed by atoms with Gasteiger partial charge in [-0.05, 0) is 48.1 Å². The Kier molecular flexibility index (Phi) is 8.93. The second-order valence-electron chi connectivity index (χ2n) is 10.6. The number of nitrogens with two attached hydrogens (primary N) is 1. The standard InChI is InChI=1S/C28H22BrCl2F5N4O3S/c29-14-3-1-2-13(8-14)10-40-12-27(43-26(40)42)6-7-39(25(44)38-17-9-15(30)4-5-16(17)31)11-18(27)28(36)19(24(37)41)20(32)21(33)22(34)23(28)35/h1-5,8-9,18,23H,6-7,10-12H2,(H2,37,41)(H,38,44). The number of nitrogens with zero attached hydrogens (tertiary/aromatic N) is 2. The molecule has 16 heteroatoms. The summed E-state index contributed by atoms with van der Waals surface area (Å²) in [5.41, 5.74) is -1.44. The van der Waals surface area contributed by atoms with E-state index in [2.05, 4.69) is 21.2 Å². The average molecular weight is 740 g/mol. The van der Waals surface area contributed by atoms with E-state index in [0.29, 0.717) is 15.1 Å². The first-order chi connectivity index (χ1) is 20.7. The maximum Gasteiger partial charge on any atom is 0.410 e. The normalized spacial score (nSPS) is 27.2. The Hall–Kier alpha value is -2.94. The summed E-state index contributed by atoms with van der Waals surface area (Å²) >= 11 is 21.1. The van der Waals surface area contributed by atoms with E-state index in [1.165, 1.54) is 28.0 Å². The molecule has 2 aliphatic heterocycles. The van der Waals surface area contributed by atoms with Crippen molar-refractivity contribution in [2.75, 3.05) is 25.0 Å². The third kappa shape index (κ3) is 5.65. The molecule has 2 amide bonds. The number of likely N-dealkylation sites (tertiary alicyclic amines) is 1. The van der Waals surface area contributed by atoms with Crippen molar-refractivity contribution in [2.45, 2.75) is 30.4 Å². The van der Waals surface area contributed by atoms with Gasteiger partial charge in [0, 0.05) is 35.6 Å². The number of thiocarbonyl (C=S) groups is 1. The number of anilines is 1. The highest BCUT2D eigenvalue weighted by Crippen LogP contribution is 2.54. The van der Waals surface area contributed by atoms with Crippen molar-refractivity contribution in [3.05, 3.63) is 85.6 Å². The van der Waals surface area contributed by atoms with Crippen molar-refractivity contribution in [3.8, 4) is 0 Å². The SMILES string of the molecule is NC(=O)C1=C(F)C(F)=C(F)C(F)C1(F)C1CN(C(=S)Nc2cc(Cl)ccc2Cl)CCC12CN(Cc1cccc(Br)c1)C(=O)O2. The van der Waals surface area contributed by atoms with Gasteiger partial charge in [-0.2, -0.15) is 0 Å². The average Bonchev–Trinajstić information content (AvgIpc) is 3.26. The van der Waals surface area contributed by atoms with Crippen molar-refractivity contribution in [3.63, 3.8) is 0 Å². The number of allylic oxidation sites excluding steroid dienone is 3. The molecule has 7 nitrogen and oxygen atoms in total. The Labute approximate surface area is 271 Å². The summed E-state index contributed by atoms with van der Waals surface area (Å²) in [5, 5.41) is 3.29. The lowest BCUT2D eigenvalue weighted by Gasteiger charge is -2.51. The van der Waals surface area contributed by atoms with Crippen LogP contribution in [-0.4, -0.2) is 64.0 Å². The van der Waals surface area contributed by atoms with Crippen LogP contribution in [0.3, 0.4) is 0 Å². The molecule has 0 radical (unpaired) electrons. The zero-order chi connectivity index (χ0) is 32.1. The van der Waals surface area contributed by atoms with Crippen molar-refractivity contribution in [1.82, 2.24) is 9.80 Å². The Bertz CT molecular complexity index is 1630. The van der Waals surface area contributed by atoms with Gasteiger partial charge in [-0.3, -0.25) is 9.69 Å². The zero-order valence-electron chi connectivity index (χ0n) is 22.4. The second-order valence-corrected chi connectivity index (χ2v) is 12.7. The van der Waals surface area contributed by atoms with Crippen LogP contribution in [0.2, 0.25) is 10.0 Å². The summed E-state index contributed by atoms with van der Waals surface area (Å²) in [6.45, 7) is -1.04. The molecule has 2 heterocycles. The monoisotopic (exact) mass is 738 g/mol. The third-order valence-corrected chi connectivity index (χ3v) is 9.34. The number of ether oxygens (including phenoxy) is 1. The molecular formula is C28H22BrCl2F5N4O3S. The first-order valence-corrected chi connectivity index (χ1v) is 15.0. The number of benzene rings is 2. The second kappa shape index (κ2) is 12.1. The van der Waals surface area contributed by atoms with Crippen LogP contribution in [0.1, 0.15) is 12.0 Å². The molecule has 4 unspecified atom stereocenters. The van der Waals surface area contributed by atoms with Gasteiger partial charge in [-0.1, -0.05) is 51.3 Å². The van der Waals surface area contributed by atoms with Gasteiger partial charge in [0.25, 0.3) is 5.91 Å². The van der Waals surface area contributed by atoms with Gasteiger partial charge >= 0.3 is 6.09 Å². The fourth-order valence-electron chi connectivity index (χ4n) is 5.86. The Morgan fingerprint density at radius 2 is 1.91 bits per heavy atom. The number of piperidine rings is 1. The lowest BCUT2D eigenvalue weighted by molar-refractivity contribution is -0.128. The summed E-state index contributed by atoms with van der Waals surface area (Å²) < 4.78 is 83.5. The summed E-state index contributed by atoms with van der Waals surface area (Å²) in [6.07, 6.45) is -4.66. The Morgan fingerprint density at radius 1 is 1.18 bits per heavy atom. The van der Waals surface area contributed by atoms with E-state index in [1.54, 1.807) is 24.3 Å². The van der Waals surface area contributed by atoms with Gasteiger partial charge in [-0.15, -0.1) is 0 Å². The van der Waals surface area contributed by atoms with Crippen molar-refractivity contribution >= 4 is 74.1 Å². The summed E-state index contributed by atoms with van der Waals surface area (Å²) in [5.74, 6) is -10.9. The number of rotatable bonds is 5. The molecule has 5 rings (SSSR count). The number of alkyl halides is 2. The molecule has 2 saturated heterocycles. The zero-order valence-corrected chi connectivity index (χ0v) is 26.3. The number of carbonyl (C=O) groups excluding carboxylic acids is 2. The van der Waals surface area contributed by atoms with Crippen molar-refractivity contribution in [1.29, 1.82) is 0 Å². The van der Waals surface area contributed by atoms with E-state index in [1.807, 2.05) is 0 Å². The number of carbonyl (C=O) groups is 2. The molecule has 0 saturated carbocycles.